The third-order valence-electron chi connectivity index (χ3n) is 7.31. The fourth-order valence-electron chi connectivity index (χ4n) is 5.36. The molecule has 1 aromatic carbocycles. The van der Waals surface area contributed by atoms with Crippen LogP contribution in [0.1, 0.15) is 77.2 Å². The molecule has 1 N–H and O–H groups in total. The summed E-state index contributed by atoms with van der Waals surface area (Å²) in [5.74, 6) is -4.59. The number of halogens is 4. The van der Waals surface area contributed by atoms with Gasteiger partial charge in [-0.3, -0.25) is 9.59 Å². The van der Waals surface area contributed by atoms with Crippen molar-refractivity contribution in [2.45, 2.75) is 96.1 Å². The first kappa shape index (κ1) is 26.9. The van der Waals surface area contributed by atoms with Crippen molar-refractivity contribution in [1.82, 2.24) is 4.90 Å². The fourth-order valence-corrected chi connectivity index (χ4v) is 5.95. The van der Waals surface area contributed by atoms with Crippen molar-refractivity contribution in [3.8, 4) is 0 Å². The fraction of sp³-hybridized carbons (Fsp3) is 0.615. The molecule has 8 heteroatoms. The van der Waals surface area contributed by atoms with E-state index < -0.39 is 17.8 Å². The van der Waals surface area contributed by atoms with Gasteiger partial charge in [-0.05, 0) is 69.1 Å². The normalized spacial score (nSPS) is 23.5. The first-order chi connectivity index (χ1) is 16.1. The molecule has 1 unspecified atom stereocenters. The summed E-state index contributed by atoms with van der Waals surface area (Å²) in [4.78, 5) is 26.4. The molecule has 1 aliphatic carbocycles. The van der Waals surface area contributed by atoms with E-state index in [0.29, 0.717) is 61.4 Å². The van der Waals surface area contributed by atoms with Crippen molar-refractivity contribution in [1.29, 1.82) is 0 Å². The zero-order valence-electron chi connectivity index (χ0n) is 19.8. The lowest BCUT2D eigenvalue weighted by Crippen LogP contribution is -2.45. The molecule has 1 heterocycles. The van der Waals surface area contributed by atoms with Crippen LogP contribution in [0.5, 0.6) is 0 Å². The monoisotopic (exact) mass is 515 g/mol. The number of carbonyl (C=O) groups excluding carboxylic acids is 1. The molecule has 0 spiro atoms. The molecule has 1 aromatic rings. The zero-order chi connectivity index (χ0) is 25.0. The smallest absolute Gasteiger partial charge is 0.306 e. The summed E-state index contributed by atoms with van der Waals surface area (Å²) >= 11 is 12.5. The second-order valence-corrected chi connectivity index (χ2v) is 10.2. The number of ketones is 1. The SMILES string of the molecule is CCC1CC(C(=O)CCCc2c(Cl)cccc2Cl)=C(C(F)(F)CC)N1C1CCC(C(=O)O)CC1. The van der Waals surface area contributed by atoms with Crippen molar-refractivity contribution in [2.75, 3.05) is 0 Å². The average molecular weight is 516 g/mol. The van der Waals surface area contributed by atoms with Crippen molar-refractivity contribution in [2.24, 2.45) is 5.92 Å². The number of allylic oxidation sites excluding steroid dienone is 1. The predicted octanol–water partition coefficient (Wildman–Crippen LogP) is 7.31. The van der Waals surface area contributed by atoms with E-state index in [1.165, 1.54) is 6.92 Å². The summed E-state index contributed by atoms with van der Waals surface area (Å²) < 4.78 is 30.6. The number of benzene rings is 1. The minimum atomic E-state index is -3.11. The second-order valence-electron chi connectivity index (χ2n) is 9.38. The third-order valence-corrected chi connectivity index (χ3v) is 8.02. The standard InChI is InChI=1S/C26H33Cl2F2NO3/c1-3-17-15-20(23(32)10-5-7-19-21(27)8-6-9-22(19)28)24(26(29,30)4-2)31(17)18-13-11-16(12-14-18)25(33)34/h6,8-9,16-18H,3-5,7,10-15H2,1-2H3,(H,33,34). The highest BCUT2D eigenvalue weighted by atomic mass is 35.5. The highest BCUT2D eigenvalue weighted by Crippen LogP contribution is 2.46. The van der Waals surface area contributed by atoms with Crippen molar-refractivity contribution in [3.63, 3.8) is 0 Å². The van der Waals surface area contributed by atoms with Crippen LogP contribution in [0.2, 0.25) is 10.0 Å². The zero-order valence-corrected chi connectivity index (χ0v) is 21.3. The summed E-state index contributed by atoms with van der Waals surface area (Å²) in [5, 5.41) is 10.4. The summed E-state index contributed by atoms with van der Waals surface area (Å²) in [6.45, 7) is 3.39. The quantitative estimate of drug-likeness (QED) is 0.354. The third kappa shape index (κ3) is 5.76. The van der Waals surface area contributed by atoms with Crippen LogP contribution < -0.4 is 0 Å². The molecule has 0 radical (unpaired) electrons. The molecule has 0 aromatic heterocycles. The number of carboxylic acids is 1. The molecule has 188 valence electrons. The maximum absolute atomic E-state index is 15.3. The lowest BCUT2D eigenvalue weighted by molar-refractivity contribution is -0.143. The van der Waals surface area contributed by atoms with Gasteiger partial charge in [0.05, 0.1) is 11.6 Å². The summed E-state index contributed by atoms with van der Waals surface area (Å²) in [6, 6.07) is 4.90. The summed E-state index contributed by atoms with van der Waals surface area (Å²) in [5.41, 5.74) is 0.882. The molecule has 0 bridgehead atoms. The number of rotatable bonds is 10. The van der Waals surface area contributed by atoms with Crippen LogP contribution in [0, 0.1) is 5.92 Å². The first-order valence-corrected chi connectivity index (χ1v) is 12.9. The summed E-state index contributed by atoms with van der Waals surface area (Å²) in [7, 11) is 0. The largest absolute Gasteiger partial charge is 0.481 e. The Labute approximate surface area is 210 Å². The van der Waals surface area contributed by atoms with E-state index >= 15 is 8.78 Å². The Kier molecular flexibility index (Phi) is 9.02. The van der Waals surface area contributed by atoms with Gasteiger partial charge in [0.2, 0.25) is 0 Å². The van der Waals surface area contributed by atoms with E-state index in [2.05, 4.69) is 0 Å². The van der Waals surface area contributed by atoms with E-state index in [4.69, 9.17) is 23.2 Å². The number of hydrogen-bond donors (Lipinski definition) is 1. The van der Waals surface area contributed by atoms with Gasteiger partial charge in [0.25, 0.3) is 5.92 Å². The van der Waals surface area contributed by atoms with E-state index in [1.807, 2.05) is 6.92 Å². The van der Waals surface area contributed by atoms with Crippen LogP contribution >= 0.6 is 23.2 Å². The topological polar surface area (TPSA) is 57.6 Å². The Morgan fingerprint density at radius 2 is 1.74 bits per heavy atom. The van der Waals surface area contributed by atoms with E-state index in [-0.39, 0.29) is 42.0 Å². The van der Waals surface area contributed by atoms with E-state index in [9.17, 15) is 14.7 Å². The molecule has 3 rings (SSSR count). The lowest BCUT2D eigenvalue weighted by atomic mass is 9.84. The Morgan fingerprint density at radius 1 is 1.12 bits per heavy atom. The molecular formula is C26H33Cl2F2NO3. The van der Waals surface area contributed by atoms with Gasteiger partial charge in [-0.2, -0.15) is 8.78 Å². The van der Waals surface area contributed by atoms with Gasteiger partial charge in [0.15, 0.2) is 5.78 Å². The molecule has 1 atom stereocenters. The number of carboxylic acid groups (broad SMARTS) is 1. The van der Waals surface area contributed by atoms with E-state index in [1.54, 1.807) is 23.1 Å². The Bertz CT molecular complexity index is 922. The van der Waals surface area contributed by atoms with Crippen molar-refractivity contribution in [3.05, 3.63) is 45.1 Å². The maximum Gasteiger partial charge on any atom is 0.306 e. The molecule has 1 saturated carbocycles. The van der Waals surface area contributed by atoms with Gasteiger partial charge in [0, 0.05) is 40.5 Å². The van der Waals surface area contributed by atoms with Gasteiger partial charge in [-0.25, -0.2) is 0 Å². The number of carbonyl (C=O) groups is 2. The maximum atomic E-state index is 15.3. The molecule has 1 fully saturated rings. The number of nitrogens with zero attached hydrogens (tertiary/aromatic N) is 1. The van der Waals surface area contributed by atoms with E-state index in [0.717, 1.165) is 5.56 Å². The lowest BCUT2D eigenvalue weighted by Gasteiger charge is -2.42. The minimum Gasteiger partial charge on any atom is -0.481 e. The van der Waals surface area contributed by atoms with Gasteiger partial charge in [0.1, 0.15) is 0 Å². The average Bonchev–Trinajstić information content (AvgIpc) is 3.21. The molecular weight excluding hydrogens is 483 g/mol. The molecule has 1 aliphatic heterocycles. The second kappa shape index (κ2) is 11.4. The van der Waals surface area contributed by atoms with Crippen LogP contribution in [-0.2, 0) is 16.0 Å². The Hall–Kier alpha value is -1.66. The predicted molar refractivity (Wildman–Crippen MR) is 131 cm³/mol. The van der Waals surface area contributed by atoms with Crippen LogP contribution in [0.25, 0.3) is 0 Å². The highest BCUT2D eigenvalue weighted by Gasteiger charge is 2.48. The number of aliphatic carboxylic acids is 1. The molecule has 4 nitrogen and oxygen atoms in total. The van der Waals surface area contributed by atoms with Crippen molar-refractivity contribution >= 4 is 35.0 Å². The molecule has 0 saturated heterocycles. The van der Waals surface area contributed by atoms with Gasteiger partial charge in [-0.15, -0.1) is 0 Å². The van der Waals surface area contributed by atoms with Crippen LogP contribution in [0.15, 0.2) is 29.5 Å². The number of hydrogen-bond acceptors (Lipinski definition) is 3. The molecule has 2 aliphatic rings. The van der Waals surface area contributed by atoms with Crippen molar-refractivity contribution < 1.29 is 23.5 Å². The van der Waals surface area contributed by atoms with Gasteiger partial charge < -0.3 is 10.0 Å². The van der Waals surface area contributed by atoms with Gasteiger partial charge in [-0.1, -0.05) is 43.1 Å². The highest BCUT2D eigenvalue weighted by molar-refractivity contribution is 6.36. The number of Topliss-reactive ketones (excluding diaryl/α,β-unsaturated/α-hetero) is 1. The Morgan fingerprint density at radius 3 is 2.26 bits per heavy atom. The molecule has 0 amide bonds. The summed E-state index contributed by atoms with van der Waals surface area (Å²) in [6.07, 6.45) is 3.72. The van der Waals surface area contributed by atoms with Crippen LogP contribution in [0.3, 0.4) is 0 Å². The van der Waals surface area contributed by atoms with Crippen LogP contribution in [-0.4, -0.2) is 39.8 Å². The Balaban J connectivity index is 1.82. The van der Waals surface area contributed by atoms with Crippen LogP contribution in [0.4, 0.5) is 8.78 Å². The first-order valence-electron chi connectivity index (χ1n) is 12.2. The van der Waals surface area contributed by atoms with Gasteiger partial charge >= 0.3 is 5.97 Å². The molecule has 34 heavy (non-hydrogen) atoms. The number of alkyl halides is 2. The minimum absolute atomic E-state index is 0.124.